The minimum atomic E-state index is 0.0372. The fourth-order valence-electron chi connectivity index (χ4n) is 4.28. The molecule has 0 spiro atoms. The average molecular weight is 386 g/mol. The first-order valence-electron chi connectivity index (χ1n) is 9.85. The highest BCUT2D eigenvalue weighted by Crippen LogP contribution is 2.43. The summed E-state index contributed by atoms with van der Waals surface area (Å²) in [6.45, 7) is 10.5. The molecule has 1 aliphatic carbocycles. The van der Waals surface area contributed by atoms with Gasteiger partial charge in [0.2, 0.25) is 0 Å². The van der Waals surface area contributed by atoms with Gasteiger partial charge in [0.05, 0.1) is 24.9 Å². The maximum Gasteiger partial charge on any atom is 0.274 e. The fraction of sp³-hybridized carbons (Fsp3) is 0.524. The Labute approximate surface area is 165 Å². The van der Waals surface area contributed by atoms with Crippen LogP contribution in [0.4, 0.5) is 0 Å². The quantitative estimate of drug-likeness (QED) is 0.780. The van der Waals surface area contributed by atoms with Crippen molar-refractivity contribution in [1.82, 2.24) is 14.7 Å². The monoisotopic (exact) mass is 385 g/mol. The number of fused-ring (bicyclic) bond motifs is 1. The van der Waals surface area contributed by atoms with E-state index in [1.165, 1.54) is 19.3 Å². The number of hydrogen-bond donors (Lipinski definition) is 0. The van der Waals surface area contributed by atoms with Crippen LogP contribution in [0.2, 0.25) is 0 Å². The maximum absolute atomic E-state index is 13.2. The number of nitrogens with zero attached hydrogens (tertiary/aromatic N) is 3. The molecule has 27 heavy (non-hydrogen) atoms. The normalized spacial score (nSPS) is 21.1. The molecule has 0 unspecified atom stereocenters. The first kappa shape index (κ1) is 18.6. The highest BCUT2D eigenvalue weighted by Gasteiger charge is 2.33. The van der Waals surface area contributed by atoms with Crippen LogP contribution in [0, 0.1) is 0 Å². The van der Waals surface area contributed by atoms with E-state index in [-0.39, 0.29) is 5.91 Å². The molecule has 0 aromatic carbocycles. The molecule has 1 aromatic heterocycles. The van der Waals surface area contributed by atoms with Crippen LogP contribution in [-0.2, 0) is 10.5 Å². The summed E-state index contributed by atoms with van der Waals surface area (Å²) in [5, 5.41) is 4.91. The Kier molecular flexibility index (Phi) is 5.55. The van der Waals surface area contributed by atoms with E-state index < -0.39 is 0 Å². The van der Waals surface area contributed by atoms with Crippen molar-refractivity contribution in [3.8, 4) is 0 Å². The summed E-state index contributed by atoms with van der Waals surface area (Å²) < 4.78 is 7.55. The molecule has 3 heterocycles. The molecule has 5 nitrogen and oxygen atoms in total. The van der Waals surface area contributed by atoms with Crippen LogP contribution >= 0.6 is 11.8 Å². The molecule has 1 saturated carbocycles. The second-order valence-electron chi connectivity index (χ2n) is 7.29. The Balaban J connectivity index is 1.80. The highest BCUT2D eigenvalue weighted by molar-refractivity contribution is 8.02. The Hall–Kier alpha value is -1.79. The molecule has 2 aliphatic heterocycles. The summed E-state index contributed by atoms with van der Waals surface area (Å²) in [6.07, 6.45) is 9.78. The van der Waals surface area contributed by atoms with Crippen molar-refractivity contribution in [2.75, 3.05) is 26.3 Å². The fourth-order valence-corrected chi connectivity index (χ4v) is 5.31. The summed E-state index contributed by atoms with van der Waals surface area (Å²) >= 11 is 1.72. The molecule has 4 rings (SSSR count). The van der Waals surface area contributed by atoms with E-state index in [0.717, 1.165) is 40.3 Å². The predicted molar refractivity (Wildman–Crippen MR) is 110 cm³/mol. The van der Waals surface area contributed by atoms with Gasteiger partial charge in [0.15, 0.2) is 5.69 Å². The molecule has 0 N–H and O–H groups in total. The number of aromatic nitrogens is 2. The molecular weight excluding hydrogens is 358 g/mol. The van der Waals surface area contributed by atoms with Gasteiger partial charge < -0.3 is 9.64 Å². The zero-order valence-corrected chi connectivity index (χ0v) is 16.6. The molecule has 1 amide bonds. The van der Waals surface area contributed by atoms with Crippen molar-refractivity contribution in [1.29, 1.82) is 0 Å². The third-order valence-electron chi connectivity index (χ3n) is 5.71. The molecule has 144 valence electrons. The van der Waals surface area contributed by atoms with E-state index in [0.29, 0.717) is 38.0 Å². The number of hydrogen-bond acceptors (Lipinski definition) is 4. The minimum Gasteiger partial charge on any atom is -0.378 e. The van der Waals surface area contributed by atoms with Gasteiger partial charge in [0.1, 0.15) is 0 Å². The average Bonchev–Trinajstić information content (AvgIpc) is 3.13. The number of carbonyl (C=O) groups is 1. The van der Waals surface area contributed by atoms with Crippen molar-refractivity contribution in [2.45, 2.75) is 43.9 Å². The van der Waals surface area contributed by atoms with Crippen molar-refractivity contribution < 1.29 is 9.53 Å². The minimum absolute atomic E-state index is 0.0372. The van der Waals surface area contributed by atoms with E-state index in [9.17, 15) is 4.79 Å². The SMILES string of the molecule is C=CC1=C(C=C)c2c(c(C(=O)N3CCOCC3)nn2C2CCCCC2)CS1. The van der Waals surface area contributed by atoms with Crippen molar-refractivity contribution in [2.24, 2.45) is 0 Å². The second-order valence-corrected chi connectivity index (χ2v) is 8.31. The first-order valence-corrected chi connectivity index (χ1v) is 10.8. The van der Waals surface area contributed by atoms with Gasteiger partial charge in [0, 0.05) is 34.9 Å². The Morgan fingerprint density at radius 3 is 2.56 bits per heavy atom. The Morgan fingerprint density at radius 1 is 1.15 bits per heavy atom. The van der Waals surface area contributed by atoms with Crippen LogP contribution in [0.15, 0.2) is 30.2 Å². The Morgan fingerprint density at radius 2 is 1.89 bits per heavy atom. The van der Waals surface area contributed by atoms with Crippen molar-refractivity contribution in [3.05, 3.63) is 47.2 Å². The van der Waals surface area contributed by atoms with E-state index >= 15 is 0 Å². The van der Waals surface area contributed by atoms with E-state index in [4.69, 9.17) is 9.84 Å². The maximum atomic E-state index is 13.2. The summed E-state index contributed by atoms with van der Waals surface area (Å²) in [6, 6.07) is 0.364. The van der Waals surface area contributed by atoms with Gasteiger partial charge in [-0.25, -0.2) is 0 Å². The molecular formula is C21H27N3O2S. The van der Waals surface area contributed by atoms with Gasteiger partial charge in [-0.2, -0.15) is 5.10 Å². The lowest BCUT2D eigenvalue weighted by Gasteiger charge is -2.26. The number of amides is 1. The van der Waals surface area contributed by atoms with Crippen LogP contribution in [0.5, 0.6) is 0 Å². The van der Waals surface area contributed by atoms with Crippen molar-refractivity contribution >= 4 is 23.2 Å². The van der Waals surface area contributed by atoms with Gasteiger partial charge in [-0.05, 0) is 12.8 Å². The van der Waals surface area contributed by atoms with Crippen LogP contribution in [-0.4, -0.2) is 46.9 Å². The molecule has 6 heteroatoms. The first-order chi connectivity index (χ1) is 13.2. The van der Waals surface area contributed by atoms with E-state index in [1.807, 2.05) is 17.1 Å². The number of carbonyl (C=O) groups excluding carboxylic acids is 1. The van der Waals surface area contributed by atoms with Gasteiger partial charge in [0.25, 0.3) is 5.91 Å². The Bertz CT molecular complexity index is 784. The topological polar surface area (TPSA) is 47.4 Å². The summed E-state index contributed by atoms with van der Waals surface area (Å²) in [7, 11) is 0. The van der Waals surface area contributed by atoms with Gasteiger partial charge in [-0.15, -0.1) is 11.8 Å². The zero-order chi connectivity index (χ0) is 18.8. The molecule has 2 fully saturated rings. The standard InChI is InChI=1S/C21H27N3O2S/c1-3-16-18(4-2)27-14-17-19(21(25)23-10-12-26-13-11-23)22-24(20(16)17)15-8-6-5-7-9-15/h3-4,15H,1-2,5-14H2. The van der Waals surface area contributed by atoms with Crippen LogP contribution < -0.4 is 0 Å². The predicted octanol–water partition coefficient (Wildman–Crippen LogP) is 4.19. The number of allylic oxidation sites excluding steroid dienone is 3. The molecule has 3 aliphatic rings. The summed E-state index contributed by atoms with van der Waals surface area (Å²) in [5.74, 6) is 0.793. The molecule has 0 bridgehead atoms. The molecule has 1 aromatic rings. The largest absolute Gasteiger partial charge is 0.378 e. The van der Waals surface area contributed by atoms with Gasteiger partial charge >= 0.3 is 0 Å². The highest BCUT2D eigenvalue weighted by atomic mass is 32.2. The van der Waals surface area contributed by atoms with Crippen LogP contribution in [0.25, 0.3) is 5.57 Å². The number of morpholine rings is 1. The lowest BCUT2D eigenvalue weighted by atomic mass is 9.94. The third kappa shape index (κ3) is 3.41. The second kappa shape index (κ2) is 8.07. The molecule has 0 atom stereocenters. The summed E-state index contributed by atoms with van der Waals surface area (Å²) in [4.78, 5) is 16.2. The third-order valence-corrected chi connectivity index (χ3v) is 6.84. The lowest BCUT2D eigenvalue weighted by Crippen LogP contribution is -2.41. The van der Waals surface area contributed by atoms with Crippen LogP contribution in [0.1, 0.15) is 59.9 Å². The lowest BCUT2D eigenvalue weighted by molar-refractivity contribution is 0.0297. The van der Waals surface area contributed by atoms with Gasteiger partial charge in [-0.1, -0.05) is 44.6 Å². The number of ether oxygens (including phenoxy) is 1. The van der Waals surface area contributed by atoms with Gasteiger partial charge in [-0.3, -0.25) is 9.48 Å². The van der Waals surface area contributed by atoms with Crippen molar-refractivity contribution in [3.63, 3.8) is 0 Å². The van der Waals surface area contributed by atoms with E-state index in [2.05, 4.69) is 17.8 Å². The number of rotatable bonds is 4. The molecule has 0 radical (unpaired) electrons. The zero-order valence-electron chi connectivity index (χ0n) is 15.8. The number of thioether (sulfide) groups is 1. The molecule has 1 saturated heterocycles. The smallest absolute Gasteiger partial charge is 0.274 e. The van der Waals surface area contributed by atoms with E-state index in [1.54, 1.807) is 11.8 Å². The van der Waals surface area contributed by atoms with Crippen LogP contribution in [0.3, 0.4) is 0 Å². The summed E-state index contributed by atoms with van der Waals surface area (Å²) in [5.41, 5.74) is 3.83.